The van der Waals surface area contributed by atoms with E-state index in [0.29, 0.717) is 17.7 Å². The molecule has 1 aliphatic heterocycles. The van der Waals surface area contributed by atoms with Crippen molar-refractivity contribution in [3.63, 3.8) is 0 Å². The van der Waals surface area contributed by atoms with E-state index in [1.54, 1.807) is 6.07 Å². The van der Waals surface area contributed by atoms with Crippen LogP contribution >= 0.6 is 0 Å². The Labute approximate surface area is 152 Å². The summed E-state index contributed by atoms with van der Waals surface area (Å²) in [5.74, 6) is 0.319. The lowest BCUT2D eigenvalue weighted by Crippen LogP contribution is -2.49. The van der Waals surface area contributed by atoms with E-state index >= 15 is 0 Å². The molecule has 3 rings (SSSR count). The molecule has 0 spiro atoms. The minimum atomic E-state index is -0.774. The number of aliphatic hydroxyl groups excluding tert-OH is 2. The van der Waals surface area contributed by atoms with Gasteiger partial charge in [0.05, 0.1) is 6.10 Å². The number of fused-ring (bicyclic) bond motifs is 2. The fourth-order valence-electron chi connectivity index (χ4n) is 3.59. The highest BCUT2D eigenvalue weighted by Crippen LogP contribution is 2.43. The smallest absolute Gasteiger partial charge is 0.196 e. The number of aromatic hydroxyl groups is 1. The van der Waals surface area contributed by atoms with E-state index in [2.05, 4.69) is 6.92 Å². The topological polar surface area (TPSA) is 100 Å². The zero-order valence-corrected chi connectivity index (χ0v) is 15.2. The maximum Gasteiger partial charge on any atom is 0.196 e. The third kappa shape index (κ3) is 3.31. The predicted molar refractivity (Wildman–Crippen MR) is 97.6 cm³/mol. The fourth-order valence-corrected chi connectivity index (χ4v) is 3.59. The van der Waals surface area contributed by atoms with Gasteiger partial charge in [0.1, 0.15) is 40.4 Å². The van der Waals surface area contributed by atoms with Gasteiger partial charge in [0.2, 0.25) is 0 Å². The SMILES string of the molecule is CCCCCC[C@]1(C)Oc2cc3oc(CO)cc(=O)c3c(O)c2C[C@H]1O. The van der Waals surface area contributed by atoms with Crippen LogP contribution in [0.3, 0.4) is 0 Å². The number of benzene rings is 1. The van der Waals surface area contributed by atoms with E-state index < -0.39 is 23.7 Å². The number of hydrogen-bond donors (Lipinski definition) is 3. The van der Waals surface area contributed by atoms with Crippen molar-refractivity contribution in [3.8, 4) is 11.5 Å². The van der Waals surface area contributed by atoms with Gasteiger partial charge in [-0.25, -0.2) is 0 Å². The van der Waals surface area contributed by atoms with Gasteiger partial charge in [0.25, 0.3) is 0 Å². The van der Waals surface area contributed by atoms with Crippen LogP contribution in [0, 0.1) is 0 Å². The maximum atomic E-state index is 12.2. The normalized spacial score (nSPS) is 22.2. The monoisotopic (exact) mass is 362 g/mol. The molecule has 0 unspecified atom stereocenters. The van der Waals surface area contributed by atoms with Crippen molar-refractivity contribution in [3.05, 3.63) is 33.7 Å². The molecule has 26 heavy (non-hydrogen) atoms. The predicted octanol–water partition coefficient (Wildman–Crippen LogP) is 3.02. The van der Waals surface area contributed by atoms with Crippen LogP contribution in [0.1, 0.15) is 57.3 Å². The van der Waals surface area contributed by atoms with Gasteiger partial charge in [-0.05, 0) is 19.8 Å². The van der Waals surface area contributed by atoms with Gasteiger partial charge in [0, 0.05) is 24.1 Å². The van der Waals surface area contributed by atoms with Crippen molar-refractivity contribution in [2.75, 3.05) is 0 Å². The molecule has 0 aliphatic carbocycles. The number of aliphatic hydroxyl groups is 2. The first-order valence-corrected chi connectivity index (χ1v) is 9.19. The minimum absolute atomic E-state index is 0.0447. The first kappa shape index (κ1) is 18.7. The van der Waals surface area contributed by atoms with Crippen molar-refractivity contribution in [1.29, 1.82) is 0 Å². The Hall–Kier alpha value is -2.05. The second-order valence-corrected chi connectivity index (χ2v) is 7.26. The van der Waals surface area contributed by atoms with E-state index in [1.807, 2.05) is 6.92 Å². The molecular formula is C20H26O6. The largest absolute Gasteiger partial charge is 0.507 e. The second-order valence-electron chi connectivity index (χ2n) is 7.26. The summed E-state index contributed by atoms with van der Waals surface area (Å²) >= 11 is 0. The van der Waals surface area contributed by atoms with Gasteiger partial charge in [-0.1, -0.05) is 26.2 Å². The highest BCUT2D eigenvalue weighted by atomic mass is 16.5. The molecule has 2 heterocycles. The van der Waals surface area contributed by atoms with Crippen LogP contribution in [0.4, 0.5) is 0 Å². The summed E-state index contributed by atoms with van der Waals surface area (Å²) in [4.78, 5) is 12.2. The summed E-state index contributed by atoms with van der Waals surface area (Å²) in [6, 6.07) is 2.73. The molecule has 0 radical (unpaired) electrons. The van der Waals surface area contributed by atoms with Crippen molar-refractivity contribution >= 4 is 11.0 Å². The fraction of sp³-hybridized carbons (Fsp3) is 0.550. The zero-order valence-electron chi connectivity index (χ0n) is 15.2. The molecule has 1 aliphatic rings. The van der Waals surface area contributed by atoms with E-state index in [-0.39, 0.29) is 28.9 Å². The van der Waals surface area contributed by atoms with E-state index in [4.69, 9.17) is 9.15 Å². The van der Waals surface area contributed by atoms with Crippen molar-refractivity contribution in [2.45, 2.75) is 70.7 Å². The molecule has 0 amide bonds. The van der Waals surface area contributed by atoms with Gasteiger partial charge in [-0.2, -0.15) is 0 Å². The standard InChI is InChI=1S/C20H26O6/c1-3-4-5-6-7-20(2)17(23)9-13-15(26-20)10-16-18(19(13)24)14(22)8-12(11-21)25-16/h8,10,17,21,23-24H,3-7,9,11H2,1-2H3/t17-,20+/m1/s1. The highest BCUT2D eigenvalue weighted by Gasteiger charge is 2.41. The molecule has 2 aromatic rings. The number of hydrogen-bond acceptors (Lipinski definition) is 6. The molecule has 142 valence electrons. The lowest BCUT2D eigenvalue weighted by Gasteiger charge is -2.40. The van der Waals surface area contributed by atoms with Gasteiger partial charge in [0.15, 0.2) is 5.43 Å². The summed E-state index contributed by atoms with van der Waals surface area (Å²) in [7, 11) is 0. The second kappa shape index (κ2) is 7.29. The number of ether oxygens (including phenoxy) is 1. The first-order chi connectivity index (χ1) is 12.4. The Bertz CT molecular complexity index is 855. The third-order valence-electron chi connectivity index (χ3n) is 5.24. The number of phenols is 1. The average Bonchev–Trinajstić information content (AvgIpc) is 2.60. The third-order valence-corrected chi connectivity index (χ3v) is 5.24. The molecule has 0 bridgehead atoms. The lowest BCUT2D eigenvalue weighted by molar-refractivity contribution is -0.0610. The van der Waals surface area contributed by atoms with Crippen LogP contribution in [0.2, 0.25) is 0 Å². The molecule has 0 saturated heterocycles. The van der Waals surface area contributed by atoms with Crippen molar-refractivity contribution < 1.29 is 24.5 Å². The van der Waals surface area contributed by atoms with Gasteiger partial charge in [-0.15, -0.1) is 0 Å². The summed E-state index contributed by atoms with van der Waals surface area (Å²) in [6.07, 6.45) is 4.43. The van der Waals surface area contributed by atoms with Crippen LogP contribution in [0.15, 0.2) is 21.3 Å². The number of phenolic OH excluding ortho intramolecular Hbond substituents is 1. The summed E-state index contributed by atoms with van der Waals surface area (Å²) in [6.45, 7) is 3.61. The zero-order chi connectivity index (χ0) is 18.9. The molecule has 0 saturated carbocycles. The molecule has 1 aromatic heterocycles. The molecule has 6 heteroatoms. The molecule has 3 N–H and O–H groups in total. The Kier molecular flexibility index (Phi) is 5.25. The van der Waals surface area contributed by atoms with E-state index in [9.17, 15) is 20.1 Å². The van der Waals surface area contributed by atoms with Gasteiger partial charge in [-0.3, -0.25) is 4.79 Å². The average molecular weight is 362 g/mol. The quantitative estimate of drug-likeness (QED) is 0.683. The molecule has 0 fully saturated rings. The van der Waals surface area contributed by atoms with Gasteiger partial charge >= 0.3 is 0 Å². The number of rotatable bonds is 6. The molecule has 1 aromatic carbocycles. The van der Waals surface area contributed by atoms with Crippen LogP contribution in [0.25, 0.3) is 11.0 Å². The van der Waals surface area contributed by atoms with Crippen LogP contribution in [-0.2, 0) is 13.0 Å². The Morgan fingerprint density at radius 2 is 2.04 bits per heavy atom. The molecule has 6 nitrogen and oxygen atoms in total. The Morgan fingerprint density at radius 3 is 2.73 bits per heavy atom. The van der Waals surface area contributed by atoms with Crippen LogP contribution in [-0.4, -0.2) is 27.0 Å². The Balaban J connectivity index is 1.99. The summed E-state index contributed by atoms with van der Waals surface area (Å²) in [5, 5.41) is 30.4. The first-order valence-electron chi connectivity index (χ1n) is 9.19. The Morgan fingerprint density at radius 1 is 1.27 bits per heavy atom. The molecule has 2 atom stereocenters. The maximum absolute atomic E-state index is 12.2. The van der Waals surface area contributed by atoms with E-state index in [0.717, 1.165) is 31.7 Å². The lowest BCUT2D eigenvalue weighted by atomic mass is 9.84. The molecular weight excluding hydrogens is 336 g/mol. The van der Waals surface area contributed by atoms with Gasteiger partial charge < -0.3 is 24.5 Å². The highest BCUT2D eigenvalue weighted by molar-refractivity contribution is 5.87. The van der Waals surface area contributed by atoms with Crippen LogP contribution < -0.4 is 10.2 Å². The minimum Gasteiger partial charge on any atom is -0.507 e. The van der Waals surface area contributed by atoms with Crippen LogP contribution in [0.5, 0.6) is 11.5 Å². The van der Waals surface area contributed by atoms with E-state index in [1.165, 1.54) is 0 Å². The van der Waals surface area contributed by atoms with Crippen molar-refractivity contribution in [1.82, 2.24) is 0 Å². The summed E-state index contributed by atoms with van der Waals surface area (Å²) < 4.78 is 11.6. The van der Waals surface area contributed by atoms with Crippen molar-refractivity contribution in [2.24, 2.45) is 0 Å². The number of unbranched alkanes of at least 4 members (excludes halogenated alkanes) is 3. The summed E-state index contributed by atoms with van der Waals surface area (Å²) in [5.41, 5.74) is -0.601.